The molecule has 0 N–H and O–H groups in total. The van der Waals surface area contributed by atoms with Crippen LogP contribution < -0.4 is 0 Å². The molecule has 2 atom stereocenters. The van der Waals surface area contributed by atoms with Gasteiger partial charge in [-0.15, -0.1) is 0 Å². The summed E-state index contributed by atoms with van der Waals surface area (Å²) in [5.74, 6) is -0.550. The monoisotopic (exact) mass is 304 g/mol. The number of fused-ring (bicyclic) bond motifs is 2. The summed E-state index contributed by atoms with van der Waals surface area (Å²) in [5.41, 5.74) is 1.27. The lowest BCUT2D eigenvalue weighted by molar-refractivity contribution is -0.338. The van der Waals surface area contributed by atoms with Gasteiger partial charge in [-0.25, -0.2) is 0 Å². The molecule has 0 aromatic heterocycles. The lowest BCUT2D eigenvalue weighted by atomic mass is 9.49. The third-order valence-corrected chi connectivity index (χ3v) is 6.10. The lowest BCUT2D eigenvalue weighted by Crippen LogP contribution is -2.66. The number of Topliss-reactive ketones (excluding diaryl/α,β-unsaturated/α-hetero) is 1. The van der Waals surface area contributed by atoms with Crippen molar-refractivity contribution in [2.24, 2.45) is 16.2 Å². The van der Waals surface area contributed by atoms with Gasteiger partial charge in [-0.3, -0.25) is 4.79 Å². The molecule has 22 heavy (non-hydrogen) atoms. The van der Waals surface area contributed by atoms with Crippen molar-refractivity contribution in [1.29, 1.82) is 0 Å². The first-order valence-corrected chi connectivity index (χ1v) is 8.23. The molecule has 1 aliphatic heterocycles. The number of ether oxygens (including phenoxy) is 2. The summed E-state index contributed by atoms with van der Waals surface area (Å²) in [6.07, 6.45) is 5.75. The Hall–Kier alpha value is -0.930. The first-order valence-electron chi connectivity index (χ1n) is 8.23. The highest BCUT2D eigenvalue weighted by Gasteiger charge is 2.66. The van der Waals surface area contributed by atoms with Gasteiger partial charge in [-0.1, -0.05) is 39.3 Å². The van der Waals surface area contributed by atoms with Gasteiger partial charge in [0, 0.05) is 16.2 Å². The van der Waals surface area contributed by atoms with Crippen molar-refractivity contribution in [3.63, 3.8) is 0 Å². The Morgan fingerprint density at radius 1 is 1.05 bits per heavy atom. The molecule has 122 valence electrons. The Bertz CT molecular complexity index is 573. The van der Waals surface area contributed by atoms with E-state index in [1.54, 1.807) is 0 Å². The van der Waals surface area contributed by atoms with Gasteiger partial charge in [0.2, 0.25) is 0 Å². The number of rotatable bonds is 0. The van der Waals surface area contributed by atoms with E-state index < -0.39 is 11.2 Å². The Labute approximate surface area is 133 Å². The first kappa shape index (κ1) is 15.9. The third kappa shape index (κ3) is 1.91. The number of allylic oxidation sites excluding steroid dienone is 3. The third-order valence-electron chi connectivity index (χ3n) is 6.10. The largest absolute Gasteiger partial charge is 0.345 e. The van der Waals surface area contributed by atoms with Gasteiger partial charge in [-0.05, 0) is 38.3 Å². The van der Waals surface area contributed by atoms with E-state index in [9.17, 15) is 4.79 Å². The quantitative estimate of drug-likeness (QED) is 0.634. The molecule has 3 heteroatoms. The second-order valence-electron chi connectivity index (χ2n) is 8.66. The van der Waals surface area contributed by atoms with Crippen molar-refractivity contribution < 1.29 is 14.3 Å². The second-order valence-corrected chi connectivity index (χ2v) is 8.66. The van der Waals surface area contributed by atoms with Gasteiger partial charge in [0.25, 0.3) is 0 Å². The van der Waals surface area contributed by atoms with Crippen LogP contribution in [0.4, 0.5) is 0 Å². The summed E-state index contributed by atoms with van der Waals surface area (Å²) < 4.78 is 12.7. The van der Waals surface area contributed by atoms with Crippen LogP contribution in [0, 0.1) is 16.2 Å². The molecule has 1 saturated heterocycles. The fourth-order valence-electron chi connectivity index (χ4n) is 4.31. The number of ketones is 1. The summed E-state index contributed by atoms with van der Waals surface area (Å²) in [6.45, 7) is 13.9. The van der Waals surface area contributed by atoms with Gasteiger partial charge >= 0.3 is 0 Å². The molecule has 0 bridgehead atoms. The van der Waals surface area contributed by atoms with Crippen molar-refractivity contribution in [1.82, 2.24) is 0 Å². The number of hydrogen-bond donors (Lipinski definition) is 0. The molecule has 3 aliphatic rings. The van der Waals surface area contributed by atoms with Crippen LogP contribution in [0.15, 0.2) is 23.3 Å². The van der Waals surface area contributed by atoms with E-state index in [2.05, 4.69) is 40.7 Å². The van der Waals surface area contributed by atoms with Gasteiger partial charge in [0.1, 0.15) is 0 Å². The van der Waals surface area contributed by atoms with Crippen molar-refractivity contribution in [3.05, 3.63) is 23.3 Å². The number of carbonyl (C=O) groups excluding carboxylic acids is 1. The molecular formula is C19H28O3. The average Bonchev–Trinajstić information content (AvgIpc) is 2.43. The summed E-state index contributed by atoms with van der Waals surface area (Å²) >= 11 is 0. The van der Waals surface area contributed by atoms with Crippen LogP contribution >= 0.6 is 0 Å². The van der Waals surface area contributed by atoms with Gasteiger partial charge in [0.15, 0.2) is 11.6 Å². The van der Waals surface area contributed by atoms with Crippen LogP contribution in [0.5, 0.6) is 0 Å². The molecule has 1 fully saturated rings. The van der Waals surface area contributed by atoms with Crippen molar-refractivity contribution in [2.75, 3.05) is 13.2 Å². The Kier molecular flexibility index (Phi) is 3.29. The predicted molar refractivity (Wildman–Crippen MR) is 86.4 cm³/mol. The van der Waals surface area contributed by atoms with E-state index in [-0.39, 0.29) is 16.6 Å². The van der Waals surface area contributed by atoms with E-state index in [1.165, 1.54) is 5.57 Å². The molecule has 0 amide bonds. The average molecular weight is 304 g/mol. The van der Waals surface area contributed by atoms with Crippen LogP contribution in [-0.4, -0.2) is 24.8 Å². The van der Waals surface area contributed by atoms with Gasteiger partial charge in [0.05, 0.1) is 13.2 Å². The number of carbonyl (C=O) groups is 1. The van der Waals surface area contributed by atoms with E-state index in [4.69, 9.17) is 9.47 Å². The van der Waals surface area contributed by atoms with Gasteiger partial charge in [-0.2, -0.15) is 0 Å². The van der Waals surface area contributed by atoms with E-state index >= 15 is 0 Å². The van der Waals surface area contributed by atoms with Gasteiger partial charge < -0.3 is 9.47 Å². The summed E-state index contributed by atoms with van der Waals surface area (Å²) in [4.78, 5) is 12.9. The molecule has 0 unspecified atom stereocenters. The standard InChI is InChI=1S/C19H28O3/c1-13-7-8-17(5)15(20)14(2)10-19(18(17,6)9-13)21-11-16(3,4)12-22-19/h7,10H,8-9,11-12H2,1-6H3/t17-,18-/m1/s1. The van der Waals surface area contributed by atoms with E-state index in [0.29, 0.717) is 13.2 Å². The first-order chi connectivity index (χ1) is 10.1. The molecule has 3 rings (SSSR count). The lowest BCUT2D eigenvalue weighted by Gasteiger charge is -2.61. The van der Waals surface area contributed by atoms with Crippen LogP contribution in [0.2, 0.25) is 0 Å². The van der Waals surface area contributed by atoms with Crippen molar-refractivity contribution >= 4 is 5.78 Å². The highest BCUT2D eigenvalue weighted by atomic mass is 16.7. The summed E-state index contributed by atoms with van der Waals surface area (Å²) in [5, 5.41) is 0. The Morgan fingerprint density at radius 2 is 1.64 bits per heavy atom. The maximum atomic E-state index is 12.9. The molecular weight excluding hydrogens is 276 g/mol. The minimum Gasteiger partial charge on any atom is -0.345 e. The zero-order valence-corrected chi connectivity index (χ0v) is 14.7. The van der Waals surface area contributed by atoms with Crippen molar-refractivity contribution in [2.45, 2.75) is 60.2 Å². The smallest absolute Gasteiger partial charge is 0.195 e. The fourth-order valence-corrected chi connectivity index (χ4v) is 4.31. The van der Waals surface area contributed by atoms with Crippen molar-refractivity contribution in [3.8, 4) is 0 Å². The summed E-state index contributed by atoms with van der Waals surface area (Å²) in [7, 11) is 0. The molecule has 0 radical (unpaired) electrons. The second kappa shape index (κ2) is 4.55. The highest BCUT2D eigenvalue weighted by molar-refractivity contribution is 6.01. The van der Waals surface area contributed by atoms with E-state index in [1.807, 2.05) is 13.0 Å². The molecule has 1 spiro atoms. The normalized spacial score (nSPS) is 40.0. The van der Waals surface area contributed by atoms with E-state index in [0.717, 1.165) is 18.4 Å². The maximum Gasteiger partial charge on any atom is 0.195 e. The minimum atomic E-state index is -0.787. The summed E-state index contributed by atoms with van der Waals surface area (Å²) in [6, 6.07) is 0. The number of hydrogen-bond acceptors (Lipinski definition) is 3. The SMILES string of the molecule is CC1=CC[C@]2(C)C(=O)C(C)=CC3(OCC(C)(C)CO3)[C@]2(C)C1. The zero-order valence-electron chi connectivity index (χ0n) is 14.7. The fraction of sp³-hybridized carbons (Fsp3) is 0.737. The highest BCUT2D eigenvalue weighted by Crippen LogP contribution is 2.62. The molecule has 1 heterocycles. The van der Waals surface area contributed by atoms with Crippen LogP contribution in [0.3, 0.4) is 0 Å². The van der Waals surface area contributed by atoms with Crippen LogP contribution in [0.25, 0.3) is 0 Å². The molecule has 3 nitrogen and oxygen atoms in total. The van der Waals surface area contributed by atoms with Crippen LogP contribution in [0.1, 0.15) is 54.4 Å². The maximum absolute atomic E-state index is 12.9. The molecule has 0 aromatic carbocycles. The van der Waals surface area contributed by atoms with Crippen LogP contribution in [-0.2, 0) is 14.3 Å². The predicted octanol–water partition coefficient (Wildman–Crippen LogP) is 4.04. The molecule has 2 aliphatic carbocycles. The minimum absolute atomic E-state index is 0.0146. The Morgan fingerprint density at radius 3 is 2.23 bits per heavy atom. The zero-order chi connectivity index (χ0) is 16.4. The topological polar surface area (TPSA) is 35.5 Å². The molecule has 0 aromatic rings. The Balaban J connectivity index is 2.13. The molecule has 0 saturated carbocycles.